The van der Waals surface area contributed by atoms with Crippen molar-refractivity contribution in [3.8, 4) is 5.75 Å². The van der Waals surface area contributed by atoms with Gasteiger partial charge in [0.1, 0.15) is 17.1 Å². The number of nitrogens with one attached hydrogen (secondary N) is 4. The van der Waals surface area contributed by atoms with E-state index in [9.17, 15) is 19.5 Å². The molecule has 1 atom stereocenters. The molecule has 4 aromatic rings. The van der Waals surface area contributed by atoms with Gasteiger partial charge in [0.15, 0.2) is 5.82 Å². The Morgan fingerprint density at radius 2 is 1.82 bits per heavy atom. The van der Waals surface area contributed by atoms with Crippen LogP contribution in [0.5, 0.6) is 5.75 Å². The van der Waals surface area contributed by atoms with Crippen LogP contribution in [0.25, 0.3) is 10.9 Å². The summed E-state index contributed by atoms with van der Waals surface area (Å²) in [6.07, 6.45) is 0. The molecule has 10 nitrogen and oxygen atoms in total. The number of urea groups is 1. The Kier molecular flexibility index (Phi) is 6.22. The second-order valence-corrected chi connectivity index (χ2v) is 7.93. The van der Waals surface area contributed by atoms with Gasteiger partial charge in [-0.25, -0.2) is 4.79 Å². The lowest BCUT2D eigenvalue weighted by atomic mass is 10.1. The number of amides is 2. The van der Waals surface area contributed by atoms with Crippen LogP contribution in [-0.4, -0.2) is 39.3 Å². The van der Waals surface area contributed by atoms with E-state index < -0.39 is 10.9 Å². The molecule has 0 radical (unpaired) electrons. The number of aromatic nitrogens is 2. The van der Waals surface area contributed by atoms with Crippen LogP contribution in [0.2, 0.25) is 0 Å². The summed E-state index contributed by atoms with van der Waals surface area (Å²) in [4.78, 5) is 38.6. The molecule has 3 aromatic carbocycles. The Balaban J connectivity index is 1.56. The fraction of sp³-hybridized carbons (Fsp3) is 0.250. The molecule has 2 amide bonds. The lowest BCUT2D eigenvalue weighted by Gasteiger charge is -2.20. The van der Waals surface area contributed by atoms with E-state index in [1.54, 1.807) is 41.3 Å². The fourth-order valence-electron chi connectivity index (χ4n) is 3.77. The summed E-state index contributed by atoms with van der Waals surface area (Å²) in [6.45, 7) is 6.76. The summed E-state index contributed by atoms with van der Waals surface area (Å²) in [6, 6.07) is 11.4. The van der Waals surface area contributed by atoms with Crippen LogP contribution < -0.4 is 26.8 Å². The van der Waals surface area contributed by atoms with Crippen LogP contribution in [0.15, 0.2) is 52.1 Å². The van der Waals surface area contributed by atoms with E-state index in [-0.39, 0.29) is 29.2 Å². The van der Waals surface area contributed by atoms with Crippen molar-refractivity contribution in [3.05, 3.63) is 68.5 Å². The average molecular weight is 463 g/mol. The Hall–Kier alpha value is -4.34. The molecule has 176 valence electrons. The number of aromatic hydroxyl groups is 1. The SMILES string of the molecule is CCN(CC)C(=O)Nc1n[nH]c2ccc(Nc3c(N[C@H](C)c4cccc(O)c4)c(=O)c3=O)cc12. The number of phenolic OH excluding ortho intramolecular Hbond substituents is 1. The van der Waals surface area contributed by atoms with Crippen molar-refractivity contribution in [1.82, 2.24) is 15.1 Å². The van der Waals surface area contributed by atoms with Crippen molar-refractivity contribution in [2.24, 2.45) is 0 Å². The highest BCUT2D eigenvalue weighted by Crippen LogP contribution is 2.29. The zero-order valence-corrected chi connectivity index (χ0v) is 19.1. The minimum absolute atomic E-state index is 0.117. The summed E-state index contributed by atoms with van der Waals surface area (Å²) in [7, 11) is 0. The number of benzene rings is 2. The first-order valence-corrected chi connectivity index (χ1v) is 11.0. The summed E-state index contributed by atoms with van der Waals surface area (Å²) < 4.78 is 0. The number of anilines is 4. The molecule has 0 aliphatic carbocycles. The number of carbonyl (C=O) groups excluding carboxylic acids is 1. The number of hydrogen-bond donors (Lipinski definition) is 5. The monoisotopic (exact) mass is 462 g/mol. The van der Waals surface area contributed by atoms with Crippen molar-refractivity contribution >= 4 is 39.8 Å². The third-order valence-corrected chi connectivity index (χ3v) is 5.75. The Morgan fingerprint density at radius 1 is 1.09 bits per heavy atom. The van der Waals surface area contributed by atoms with Crippen LogP contribution in [0, 0.1) is 0 Å². The zero-order chi connectivity index (χ0) is 24.4. The molecule has 0 saturated carbocycles. The Bertz CT molecular complexity index is 1420. The maximum atomic E-state index is 12.4. The highest BCUT2D eigenvalue weighted by molar-refractivity contribution is 6.00. The Labute approximate surface area is 195 Å². The fourth-order valence-corrected chi connectivity index (χ4v) is 3.77. The van der Waals surface area contributed by atoms with E-state index in [1.165, 1.54) is 0 Å². The Morgan fingerprint density at radius 3 is 2.53 bits per heavy atom. The highest BCUT2D eigenvalue weighted by atomic mass is 16.3. The molecule has 0 spiro atoms. The summed E-state index contributed by atoms with van der Waals surface area (Å²) in [5.41, 5.74) is 1.16. The minimum Gasteiger partial charge on any atom is -0.508 e. The third-order valence-electron chi connectivity index (χ3n) is 5.75. The van der Waals surface area contributed by atoms with Gasteiger partial charge in [-0.3, -0.25) is 20.0 Å². The van der Waals surface area contributed by atoms with Gasteiger partial charge in [-0.1, -0.05) is 12.1 Å². The van der Waals surface area contributed by atoms with Crippen LogP contribution in [-0.2, 0) is 0 Å². The van der Waals surface area contributed by atoms with Crippen molar-refractivity contribution in [2.45, 2.75) is 26.8 Å². The number of fused-ring (bicyclic) bond motifs is 1. The number of H-pyrrole nitrogens is 1. The second kappa shape index (κ2) is 9.26. The zero-order valence-electron chi connectivity index (χ0n) is 19.1. The molecule has 34 heavy (non-hydrogen) atoms. The predicted octanol–water partition coefficient (Wildman–Crippen LogP) is 3.65. The maximum absolute atomic E-state index is 12.4. The molecule has 0 saturated heterocycles. The first kappa shape index (κ1) is 22.8. The van der Waals surface area contributed by atoms with E-state index >= 15 is 0 Å². The minimum atomic E-state index is -0.618. The van der Waals surface area contributed by atoms with Gasteiger partial charge >= 0.3 is 6.03 Å². The molecular formula is C24H26N6O4. The van der Waals surface area contributed by atoms with Gasteiger partial charge in [0, 0.05) is 30.2 Å². The average Bonchev–Trinajstić information content (AvgIpc) is 3.23. The smallest absolute Gasteiger partial charge is 0.323 e. The highest BCUT2D eigenvalue weighted by Gasteiger charge is 2.23. The molecule has 0 aliphatic rings. The standard InChI is InChI=1S/C24H26N6O4/c1-4-30(5-2)24(34)27-23-17-12-15(9-10-18(17)28-29-23)26-20-19(21(32)22(20)33)25-13(3)14-7-6-8-16(31)11-14/h6-13,25-26,31H,4-5H2,1-3H3,(H2,27,28,29,34)/t13-/m1/s1. The summed E-state index contributed by atoms with van der Waals surface area (Å²) in [5, 5.41) is 26.3. The van der Waals surface area contributed by atoms with Gasteiger partial charge in [0.25, 0.3) is 10.9 Å². The summed E-state index contributed by atoms with van der Waals surface area (Å²) in [5.74, 6) is 0.489. The number of hydrogen-bond acceptors (Lipinski definition) is 7. The van der Waals surface area contributed by atoms with Crippen molar-refractivity contribution in [2.75, 3.05) is 29.0 Å². The number of phenols is 1. The van der Waals surface area contributed by atoms with Crippen LogP contribution in [0.4, 0.5) is 27.7 Å². The van der Waals surface area contributed by atoms with E-state index in [2.05, 4.69) is 26.1 Å². The van der Waals surface area contributed by atoms with E-state index in [0.717, 1.165) is 5.56 Å². The van der Waals surface area contributed by atoms with Gasteiger partial charge in [-0.2, -0.15) is 5.10 Å². The van der Waals surface area contributed by atoms with Gasteiger partial charge in [-0.15, -0.1) is 0 Å². The van der Waals surface area contributed by atoms with Gasteiger partial charge in [0.2, 0.25) is 0 Å². The molecule has 10 heteroatoms. The molecule has 0 unspecified atom stereocenters. The van der Waals surface area contributed by atoms with Gasteiger partial charge in [-0.05, 0) is 56.7 Å². The molecule has 5 N–H and O–H groups in total. The number of nitrogens with zero attached hydrogens (tertiary/aromatic N) is 2. The topological polar surface area (TPSA) is 139 Å². The largest absolute Gasteiger partial charge is 0.508 e. The van der Waals surface area contributed by atoms with Crippen LogP contribution >= 0.6 is 0 Å². The predicted molar refractivity (Wildman–Crippen MR) is 133 cm³/mol. The number of aromatic amines is 1. The van der Waals surface area contributed by atoms with E-state index in [1.807, 2.05) is 26.8 Å². The van der Waals surface area contributed by atoms with E-state index in [4.69, 9.17) is 0 Å². The number of rotatable bonds is 8. The van der Waals surface area contributed by atoms with Crippen molar-refractivity contribution in [1.29, 1.82) is 0 Å². The molecule has 1 aromatic heterocycles. The first-order chi connectivity index (χ1) is 16.3. The van der Waals surface area contributed by atoms with Crippen LogP contribution in [0.3, 0.4) is 0 Å². The first-order valence-electron chi connectivity index (χ1n) is 11.0. The molecular weight excluding hydrogens is 436 g/mol. The lowest BCUT2D eigenvalue weighted by Crippen LogP contribution is -2.37. The third kappa shape index (κ3) is 4.29. The van der Waals surface area contributed by atoms with Gasteiger partial charge in [0.05, 0.1) is 5.52 Å². The molecule has 0 aliphatic heterocycles. The number of carbonyl (C=O) groups is 1. The van der Waals surface area contributed by atoms with Crippen molar-refractivity contribution in [3.63, 3.8) is 0 Å². The molecule has 0 bridgehead atoms. The summed E-state index contributed by atoms with van der Waals surface area (Å²) >= 11 is 0. The molecule has 0 fully saturated rings. The quantitative estimate of drug-likeness (QED) is 0.252. The molecule has 4 rings (SSSR count). The maximum Gasteiger partial charge on any atom is 0.323 e. The molecule has 1 heterocycles. The van der Waals surface area contributed by atoms with E-state index in [0.29, 0.717) is 35.5 Å². The van der Waals surface area contributed by atoms with Gasteiger partial charge < -0.3 is 20.6 Å². The van der Waals surface area contributed by atoms with Crippen LogP contribution in [0.1, 0.15) is 32.4 Å². The lowest BCUT2D eigenvalue weighted by molar-refractivity contribution is 0.217. The van der Waals surface area contributed by atoms with Crippen molar-refractivity contribution < 1.29 is 9.90 Å². The second-order valence-electron chi connectivity index (χ2n) is 7.93. The normalized spacial score (nSPS) is 12.0.